The summed E-state index contributed by atoms with van der Waals surface area (Å²) < 4.78 is 19.9. The lowest BCUT2D eigenvalue weighted by atomic mass is 10.2. The van der Waals surface area contributed by atoms with Crippen molar-refractivity contribution in [2.24, 2.45) is 0 Å². The zero-order valence-corrected chi connectivity index (χ0v) is 11.2. The average Bonchev–Trinajstić information content (AvgIpc) is 2.28. The Morgan fingerprint density at radius 1 is 1.44 bits per heavy atom. The summed E-state index contributed by atoms with van der Waals surface area (Å²) in [5.41, 5.74) is 0. The van der Waals surface area contributed by atoms with Gasteiger partial charge >= 0.3 is 0 Å². The molecule has 0 aromatic heterocycles. The van der Waals surface area contributed by atoms with E-state index in [-0.39, 0.29) is 11.9 Å². The molecule has 1 atom stereocenters. The van der Waals surface area contributed by atoms with E-state index in [0.717, 1.165) is 24.0 Å². The Bertz CT molecular complexity index is 333. The van der Waals surface area contributed by atoms with Gasteiger partial charge in [-0.15, -0.1) is 0 Å². The number of hydrogen-bond acceptors (Lipinski definition) is 2. The molecule has 1 aromatic rings. The van der Waals surface area contributed by atoms with Crippen LogP contribution >= 0.6 is 15.9 Å². The summed E-state index contributed by atoms with van der Waals surface area (Å²) in [5.74, 6) is -0.0164. The molecule has 4 heteroatoms. The van der Waals surface area contributed by atoms with Gasteiger partial charge in [-0.3, -0.25) is 0 Å². The lowest BCUT2D eigenvalue weighted by Crippen LogP contribution is -2.30. The number of rotatable bonds is 6. The number of ether oxygens (including phenoxy) is 1. The summed E-state index contributed by atoms with van der Waals surface area (Å²) >= 11 is 3.30. The fourth-order valence-corrected chi connectivity index (χ4v) is 1.66. The first-order valence-electron chi connectivity index (χ1n) is 5.49. The normalized spacial score (nSPS) is 12.5. The molecule has 0 saturated heterocycles. The van der Waals surface area contributed by atoms with Gasteiger partial charge in [-0.25, -0.2) is 4.39 Å². The van der Waals surface area contributed by atoms with Crippen LogP contribution in [0.25, 0.3) is 0 Å². The van der Waals surface area contributed by atoms with Crippen LogP contribution in [-0.2, 0) is 0 Å². The van der Waals surface area contributed by atoms with Crippen LogP contribution in [0, 0.1) is 5.82 Å². The zero-order chi connectivity index (χ0) is 12.0. The fourth-order valence-electron chi connectivity index (χ4n) is 1.32. The van der Waals surface area contributed by atoms with Gasteiger partial charge in [0, 0.05) is 11.0 Å². The van der Waals surface area contributed by atoms with Crippen molar-refractivity contribution >= 4 is 15.9 Å². The van der Waals surface area contributed by atoms with Crippen LogP contribution in [0.15, 0.2) is 22.7 Å². The van der Waals surface area contributed by atoms with E-state index in [1.54, 1.807) is 12.1 Å². The van der Waals surface area contributed by atoms with Gasteiger partial charge in [-0.2, -0.15) is 0 Å². The maximum Gasteiger partial charge on any atom is 0.165 e. The molecule has 0 aliphatic carbocycles. The molecule has 0 aliphatic heterocycles. The van der Waals surface area contributed by atoms with E-state index >= 15 is 0 Å². The van der Waals surface area contributed by atoms with Crippen molar-refractivity contribution in [1.29, 1.82) is 0 Å². The molecule has 1 N–H and O–H groups in total. The van der Waals surface area contributed by atoms with Crippen LogP contribution in [-0.4, -0.2) is 19.2 Å². The molecular weight excluding hydrogens is 273 g/mol. The van der Waals surface area contributed by atoms with E-state index in [2.05, 4.69) is 21.2 Å². The Kier molecular flexibility index (Phi) is 5.77. The van der Waals surface area contributed by atoms with E-state index in [1.165, 1.54) is 6.07 Å². The quantitative estimate of drug-likeness (QED) is 0.867. The topological polar surface area (TPSA) is 21.3 Å². The molecule has 0 spiro atoms. The molecule has 0 amide bonds. The summed E-state index contributed by atoms with van der Waals surface area (Å²) in [5, 5.41) is 3.19. The molecule has 0 fully saturated rings. The van der Waals surface area contributed by atoms with Gasteiger partial charge < -0.3 is 10.1 Å². The first kappa shape index (κ1) is 13.5. The standard InChI is InChI=1S/C12H17BrFNO/c1-3-10(8-15-4-2)16-12-7-9(13)5-6-11(12)14/h5-7,10,15H,3-4,8H2,1-2H3. The maximum absolute atomic E-state index is 13.4. The lowest BCUT2D eigenvalue weighted by molar-refractivity contribution is 0.186. The van der Waals surface area contributed by atoms with E-state index in [4.69, 9.17) is 4.74 Å². The van der Waals surface area contributed by atoms with Gasteiger partial charge in [0.25, 0.3) is 0 Å². The van der Waals surface area contributed by atoms with Crippen LogP contribution in [0.1, 0.15) is 20.3 Å². The molecule has 0 aliphatic rings. The molecule has 0 bridgehead atoms. The highest BCUT2D eigenvalue weighted by Crippen LogP contribution is 2.23. The SMILES string of the molecule is CCNCC(CC)Oc1cc(Br)ccc1F. The summed E-state index contributed by atoms with van der Waals surface area (Å²) in [6, 6.07) is 4.72. The smallest absolute Gasteiger partial charge is 0.165 e. The van der Waals surface area contributed by atoms with Gasteiger partial charge in [0.05, 0.1) is 0 Å². The Morgan fingerprint density at radius 3 is 2.81 bits per heavy atom. The second-order valence-electron chi connectivity index (χ2n) is 3.53. The summed E-state index contributed by atoms with van der Waals surface area (Å²) in [7, 11) is 0. The van der Waals surface area contributed by atoms with Crippen LogP contribution < -0.4 is 10.1 Å². The van der Waals surface area contributed by atoms with Crippen molar-refractivity contribution in [3.63, 3.8) is 0 Å². The van der Waals surface area contributed by atoms with Crippen LogP contribution in [0.3, 0.4) is 0 Å². The van der Waals surface area contributed by atoms with E-state index in [9.17, 15) is 4.39 Å². The molecule has 1 aromatic carbocycles. The van der Waals surface area contributed by atoms with Gasteiger partial charge in [0.2, 0.25) is 0 Å². The molecule has 1 rings (SSSR count). The number of hydrogen-bond donors (Lipinski definition) is 1. The first-order valence-corrected chi connectivity index (χ1v) is 6.29. The van der Waals surface area contributed by atoms with Gasteiger partial charge in [-0.1, -0.05) is 29.8 Å². The molecule has 0 saturated carbocycles. The predicted octanol–water partition coefficient (Wildman–Crippen LogP) is 3.36. The monoisotopic (exact) mass is 289 g/mol. The first-order chi connectivity index (χ1) is 7.67. The Balaban J connectivity index is 2.65. The third kappa shape index (κ3) is 4.10. The van der Waals surface area contributed by atoms with Crippen molar-refractivity contribution < 1.29 is 9.13 Å². The average molecular weight is 290 g/mol. The molecule has 2 nitrogen and oxygen atoms in total. The summed E-state index contributed by atoms with van der Waals surface area (Å²) in [4.78, 5) is 0. The number of benzene rings is 1. The minimum Gasteiger partial charge on any atom is -0.486 e. The summed E-state index contributed by atoms with van der Waals surface area (Å²) in [6.45, 7) is 5.68. The molecule has 90 valence electrons. The third-order valence-electron chi connectivity index (χ3n) is 2.26. The molecule has 16 heavy (non-hydrogen) atoms. The Labute approximate surface area is 104 Å². The highest BCUT2D eigenvalue weighted by Gasteiger charge is 2.11. The molecule has 1 unspecified atom stereocenters. The number of nitrogens with one attached hydrogen (secondary N) is 1. The lowest BCUT2D eigenvalue weighted by Gasteiger charge is -2.18. The van der Waals surface area contributed by atoms with Crippen LogP contribution in [0.4, 0.5) is 4.39 Å². The van der Waals surface area contributed by atoms with Gasteiger partial charge in [0.15, 0.2) is 11.6 Å². The second kappa shape index (κ2) is 6.86. The Morgan fingerprint density at radius 2 is 2.19 bits per heavy atom. The van der Waals surface area contributed by atoms with Gasteiger partial charge in [0.1, 0.15) is 6.10 Å². The second-order valence-corrected chi connectivity index (χ2v) is 4.45. The predicted molar refractivity (Wildman–Crippen MR) is 67.4 cm³/mol. The molecule has 0 heterocycles. The van der Waals surface area contributed by atoms with E-state index in [0.29, 0.717) is 5.75 Å². The van der Waals surface area contributed by atoms with Crippen LogP contribution in [0.2, 0.25) is 0 Å². The highest BCUT2D eigenvalue weighted by molar-refractivity contribution is 9.10. The fraction of sp³-hybridized carbons (Fsp3) is 0.500. The molecule has 0 radical (unpaired) electrons. The van der Waals surface area contributed by atoms with E-state index < -0.39 is 0 Å². The van der Waals surface area contributed by atoms with Crippen molar-refractivity contribution in [3.8, 4) is 5.75 Å². The van der Waals surface area contributed by atoms with Crippen molar-refractivity contribution in [2.45, 2.75) is 26.4 Å². The zero-order valence-electron chi connectivity index (χ0n) is 9.59. The van der Waals surface area contributed by atoms with E-state index in [1.807, 2.05) is 13.8 Å². The van der Waals surface area contributed by atoms with Gasteiger partial charge in [-0.05, 0) is 31.2 Å². The number of halogens is 2. The van der Waals surface area contributed by atoms with Crippen LogP contribution in [0.5, 0.6) is 5.75 Å². The Hall–Kier alpha value is -0.610. The largest absolute Gasteiger partial charge is 0.486 e. The molecular formula is C12H17BrFNO. The minimum absolute atomic E-state index is 0.00347. The maximum atomic E-state index is 13.4. The minimum atomic E-state index is -0.321. The summed E-state index contributed by atoms with van der Waals surface area (Å²) in [6.07, 6.45) is 0.850. The van der Waals surface area contributed by atoms with Crippen molar-refractivity contribution in [1.82, 2.24) is 5.32 Å². The van der Waals surface area contributed by atoms with Crippen molar-refractivity contribution in [3.05, 3.63) is 28.5 Å². The number of likely N-dealkylation sites (N-methyl/N-ethyl adjacent to an activating group) is 1. The highest BCUT2D eigenvalue weighted by atomic mass is 79.9. The third-order valence-corrected chi connectivity index (χ3v) is 2.76. The van der Waals surface area contributed by atoms with Crippen molar-refractivity contribution in [2.75, 3.05) is 13.1 Å².